The lowest BCUT2D eigenvalue weighted by molar-refractivity contribution is 0.454. The van der Waals surface area contributed by atoms with Crippen LogP contribution in [0, 0.1) is 0 Å². The Balaban J connectivity index is 1.88. The van der Waals surface area contributed by atoms with Gasteiger partial charge in [-0.3, -0.25) is 4.40 Å². The van der Waals surface area contributed by atoms with Crippen molar-refractivity contribution in [2.24, 2.45) is 0 Å². The third-order valence-corrected chi connectivity index (χ3v) is 4.29. The number of aromatic nitrogens is 3. The lowest BCUT2D eigenvalue weighted by Gasteiger charge is -2.03. The summed E-state index contributed by atoms with van der Waals surface area (Å²) < 4.78 is 7.40. The van der Waals surface area contributed by atoms with Crippen LogP contribution in [0.4, 0.5) is 0 Å². The van der Waals surface area contributed by atoms with E-state index in [0.29, 0.717) is 5.22 Å². The van der Waals surface area contributed by atoms with Crippen LogP contribution in [0.5, 0.6) is 0 Å². The maximum atomic E-state index is 5.28. The molecular weight excluding hydrogens is 280 g/mol. The Morgan fingerprint density at radius 2 is 2.47 bits per heavy atom. The quantitative estimate of drug-likeness (QED) is 0.708. The van der Waals surface area contributed by atoms with Crippen molar-refractivity contribution in [2.75, 3.05) is 6.54 Å². The third kappa shape index (κ3) is 2.68. The van der Waals surface area contributed by atoms with Gasteiger partial charge in [-0.2, -0.15) is 0 Å². The Hall–Kier alpha value is -1.31. The summed E-state index contributed by atoms with van der Waals surface area (Å²) in [5.74, 6) is 0. The lowest BCUT2D eigenvalue weighted by atomic mass is 10.4. The van der Waals surface area contributed by atoms with Crippen molar-refractivity contribution in [1.29, 1.82) is 0 Å². The molecule has 0 spiro atoms. The minimum absolute atomic E-state index is 0.627. The van der Waals surface area contributed by atoms with E-state index in [4.69, 9.17) is 4.42 Å². The predicted octanol–water partition coefficient (Wildman–Crippen LogP) is 3.03. The Morgan fingerprint density at radius 3 is 3.26 bits per heavy atom. The smallest absolute Gasteiger partial charge is 0.262 e. The van der Waals surface area contributed by atoms with Gasteiger partial charge < -0.3 is 9.73 Å². The Morgan fingerprint density at radius 1 is 1.53 bits per heavy atom. The molecule has 0 bridgehead atoms. The molecule has 19 heavy (non-hydrogen) atoms. The van der Waals surface area contributed by atoms with Crippen LogP contribution in [0.3, 0.4) is 0 Å². The van der Waals surface area contributed by atoms with Crippen LogP contribution in [0.15, 0.2) is 38.7 Å². The summed E-state index contributed by atoms with van der Waals surface area (Å²) in [4.78, 5) is 9.77. The summed E-state index contributed by atoms with van der Waals surface area (Å²) in [5.41, 5.74) is 1.16. The number of hydrogen-bond acceptors (Lipinski definition) is 6. The van der Waals surface area contributed by atoms with Crippen LogP contribution in [-0.2, 0) is 6.54 Å². The molecule has 7 heteroatoms. The molecule has 0 aromatic carbocycles. The number of nitrogens with zero attached hydrogens (tertiary/aromatic N) is 3. The first-order chi connectivity index (χ1) is 9.38. The molecule has 0 aliphatic heterocycles. The minimum Gasteiger partial charge on any atom is -0.440 e. The van der Waals surface area contributed by atoms with E-state index in [0.717, 1.165) is 35.2 Å². The highest BCUT2D eigenvalue weighted by Crippen LogP contribution is 2.30. The van der Waals surface area contributed by atoms with Gasteiger partial charge in [-0.25, -0.2) is 9.97 Å². The van der Waals surface area contributed by atoms with E-state index in [1.165, 1.54) is 11.8 Å². The fraction of sp³-hybridized carbons (Fsp3) is 0.333. The number of imidazole rings is 1. The molecule has 0 saturated carbocycles. The molecule has 3 rings (SSSR count). The van der Waals surface area contributed by atoms with Crippen LogP contribution >= 0.6 is 23.1 Å². The third-order valence-electron chi connectivity index (χ3n) is 2.64. The summed E-state index contributed by atoms with van der Waals surface area (Å²) in [6, 6.07) is 0. The van der Waals surface area contributed by atoms with Crippen molar-refractivity contribution in [3.05, 3.63) is 29.7 Å². The van der Waals surface area contributed by atoms with Crippen LogP contribution in [0.1, 0.15) is 19.0 Å². The first-order valence-electron chi connectivity index (χ1n) is 6.11. The molecule has 5 nitrogen and oxygen atoms in total. The maximum Gasteiger partial charge on any atom is 0.262 e. The second-order valence-corrected chi connectivity index (χ2v) is 5.81. The van der Waals surface area contributed by atoms with E-state index in [-0.39, 0.29) is 0 Å². The van der Waals surface area contributed by atoms with E-state index in [9.17, 15) is 0 Å². The molecule has 3 heterocycles. The highest BCUT2D eigenvalue weighted by molar-refractivity contribution is 7.99. The van der Waals surface area contributed by atoms with Gasteiger partial charge in [0.25, 0.3) is 5.22 Å². The van der Waals surface area contributed by atoms with E-state index in [2.05, 4.69) is 32.8 Å². The van der Waals surface area contributed by atoms with E-state index < -0.39 is 0 Å². The molecule has 0 saturated heterocycles. The molecule has 3 aromatic rings. The van der Waals surface area contributed by atoms with Crippen molar-refractivity contribution >= 4 is 28.1 Å². The normalized spacial score (nSPS) is 11.4. The number of oxazole rings is 1. The van der Waals surface area contributed by atoms with Crippen molar-refractivity contribution in [3.8, 4) is 0 Å². The zero-order valence-corrected chi connectivity index (χ0v) is 12.1. The molecule has 0 aliphatic rings. The molecular formula is C12H14N4OS2. The molecule has 0 atom stereocenters. The molecule has 100 valence electrons. The highest BCUT2D eigenvalue weighted by atomic mass is 32.2. The van der Waals surface area contributed by atoms with E-state index in [1.54, 1.807) is 23.8 Å². The average molecular weight is 294 g/mol. The maximum absolute atomic E-state index is 5.28. The molecule has 1 N–H and O–H groups in total. The van der Waals surface area contributed by atoms with Crippen LogP contribution < -0.4 is 5.32 Å². The van der Waals surface area contributed by atoms with E-state index in [1.807, 2.05) is 5.38 Å². The van der Waals surface area contributed by atoms with Gasteiger partial charge in [0.1, 0.15) is 11.3 Å². The summed E-state index contributed by atoms with van der Waals surface area (Å²) in [7, 11) is 0. The first kappa shape index (κ1) is 12.7. The lowest BCUT2D eigenvalue weighted by Crippen LogP contribution is -2.15. The van der Waals surface area contributed by atoms with Crippen LogP contribution in [0.2, 0.25) is 0 Å². The zero-order valence-electron chi connectivity index (χ0n) is 10.5. The van der Waals surface area contributed by atoms with Gasteiger partial charge in [-0.1, -0.05) is 6.92 Å². The van der Waals surface area contributed by atoms with Gasteiger partial charge in [0.05, 0.1) is 11.9 Å². The molecule has 3 aromatic heterocycles. The monoisotopic (exact) mass is 294 g/mol. The van der Waals surface area contributed by atoms with Crippen molar-refractivity contribution in [1.82, 2.24) is 19.7 Å². The number of rotatable bonds is 6. The Kier molecular flexibility index (Phi) is 3.86. The molecule has 0 amide bonds. The zero-order chi connectivity index (χ0) is 13.1. The molecule has 0 fully saturated rings. The minimum atomic E-state index is 0.627. The summed E-state index contributed by atoms with van der Waals surface area (Å²) in [6.07, 6.45) is 6.40. The fourth-order valence-corrected chi connectivity index (χ4v) is 3.38. The van der Waals surface area contributed by atoms with Gasteiger partial charge in [0, 0.05) is 18.1 Å². The molecule has 0 aliphatic carbocycles. The number of fused-ring (bicyclic) bond motifs is 1. The Bertz CT molecular complexity index is 644. The first-order valence-corrected chi connectivity index (χ1v) is 7.80. The summed E-state index contributed by atoms with van der Waals surface area (Å²) in [5, 5.41) is 7.05. The number of thiazole rings is 1. The molecule has 0 unspecified atom stereocenters. The van der Waals surface area contributed by atoms with Crippen LogP contribution in [0.25, 0.3) is 4.96 Å². The summed E-state index contributed by atoms with van der Waals surface area (Å²) >= 11 is 3.10. The van der Waals surface area contributed by atoms with Crippen molar-refractivity contribution in [2.45, 2.75) is 30.1 Å². The van der Waals surface area contributed by atoms with Gasteiger partial charge in [0.15, 0.2) is 4.96 Å². The van der Waals surface area contributed by atoms with Gasteiger partial charge in [-0.15, -0.1) is 11.3 Å². The number of hydrogen-bond donors (Lipinski definition) is 1. The largest absolute Gasteiger partial charge is 0.440 e. The van der Waals surface area contributed by atoms with Crippen molar-refractivity contribution in [3.63, 3.8) is 0 Å². The van der Waals surface area contributed by atoms with Gasteiger partial charge >= 0.3 is 0 Å². The predicted molar refractivity (Wildman–Crippen MR) is 75.7 cm³/mol. The van der Waals surface area contributed by atoms with Crippen LogP contribution in [-0.4, -0.2) is 20.9 Å². The second-order valence-electron chi connectivity index (χ2n) is 4.00. The van der Waals surface area contributed by atoms with Gasteiger partial charge in [0.2, 0.25) is 0 Å². The SMILES string of the molecule is CCCNCc1c(Sc2ncco2)nc2sccn12. The molecule has 0 radical (unpaired) electrons. The van der Waals surface area contributed by atoms with Gasteiger partial charge in [-0.05, 0) is 24.7 Å². The Labute approximate surface area is 119 Å². The van der Waals surface area contributed by atoms with Crippen molar-refractivity contribution < 1.29 is 4.42 Å². The second kappa shape index (κ2) is 5.77. The average Bonchev–Trinajstić information content (AvgIpc) is 3.09. The highest BCUT2D eigenvalue weighted by Gasteiger charge is 2.15. The fourth-order valence-electron chi connectivity index (χ4n) is 1.78. The van der Waals surface area contributed by atoms with E-state index >= 15 is 0 Å². The summed E-state index contributed by atoms with van der Waals surface area (Å²) in [6.45, 7) is 3.96. The topological polar surface area (TPSA) is 55.4 Å². The number of nitrogens with one attached hydrogen (secondary N) is 1. The standard InChI is InChI=1S/C12H14N4OS2/c1-2-3-13-8-9-10(19-12-14-4-6-17-12)15-11-16(9)5-7-18-11/h4-7,13H,2-3,8H2,1H3.